The molecule has 1 N–H and O–H groups in total. The lowest BCUT2D eigenvalue weighted by Gasteiger charge is -2.35. The highest BCUT2D eigenvalue weighted by molar-refractivity contribution is 5.88. The van der Waals surface area contributed by atoms with Gasteiger partial charge in [0.15, 0.2) is 0 Å². The molecule has 0 saturated carbocycles. The number of amides is 2. The van der Waals surface area contributed by atoms with Crippen LogP contribution in [-0.4, -0.2) is 68.6 Å². The van der Waals surface area contributed by atoms with Crippen molar-refractivity contribution in [3.05, 3.63) is 59.7 Å². The third kappa shape index (κ3) is 6.21. The fourth-order valence-corrected chi connectivity index (χ4v) is 3.75. The third-order valence-electron chi connectivity index (χ3n) is 5.61. The Labute approximate surface area is 183 Å². The number of methoxy groups -OCH3 is 2. The van der Waals surface area contributed by atoms with E-state index in [1.165, 1.54) is 5.56 Å². The standard InChI is InChI=1S/C24H31N3O4/c1-26(11-9-18-7-5-4-6-8-18)23(28)16-22-24(29)25-10-12-27(22)17-19-13-20(30-2)15-21(14-19)31-3/h4-8,13-15,22H,9-12,16-17H2,1-3H3,(H,25,29). The molecule has 7 nitrogen and oxygen atoms in total. The maximum Gasteiger partial charge on any atom is 0.237 e. The number of hydrogen-bond acceptors (Lipinski definition) is 5. The second-order valence-corrected chi connectivity index (χ2v) is 7.75. The first-order valence-corrected chi connectivity index (χ1v) is 10.5. The summed E-state index contributed by atoms with van der Waals surface area (Å²) in [7, 11) is 5.02. The van der Waals surface area contributed by atoms with E-state index < -0.39 is 6.04 Å². The number of nitrogens with one attached hydrogen (secondary N) is 1. The van der Waals surface area contributed by atoms with Crippen LogP contribution in [0.4, 0.5) is 0 Å². The van der Waals surface area contributed by atoms with E-state index in [-0.39, 0.29) is 18.2 Å². The fraction of sp³-hybridized carbons (Fsp3) is 0.417. The number of likely N-dealkylation sites (N-methyl/N-ethyl adjacent to an activating group) is 1. The van der Waals surface area contributed by atoms with Gasteiger partial charge in [0.1, 0.15) is 11.5 Å². The molecule has 31 heavy (non-hydrogen) atoms. The molecule has 0 bridgehead atoms. The highest BCUT2D eigenvalue weighted by Gasteiger charge is 2.32. The lowest BCUT2D eigenvalue weighted by Crippen LogP contribution is -2.56. The number of carbonyl (C=O) groups excluding carboxylic acids is 2. The van der Waals surface area contributed by atoms with E-state index in [2.05, 4.69) is 22.3 Å². The largest absolute Gasteiger partial charge is 0.497 e. The molecule has 1 atom stereocenters. The Balaban J connectivity index is 1.65. The predicted octanol–water partition coefficient (Wildman–Crippen LogP) is 2.10. The quantitative estimate of drug-likeness (QED) is 0.666. The minimum absolute atomic E-state index is 0.0359. The number of nitrogens with zero attached hydrogens (tertiary/aromatic N) is 2. The van der Waals surface area contributed by atoms with Gasteiger partial charge in [-0.15, -0.1) is 0 Å². The van der Waals surface area contributed by atoms with Crippen molar-refractivity contribution in [1.82, 2.24) is 15.1 Å². The summed E-state index contributed by atoms with van der Waals surface area (Å²) in [5.74, 6) is 1.25. The first-order valence-electron chi connectivity index (χ1n) is 10.5. The molecule has 1 fully saturated rings. The van der Waals surface area contributed by atoms with Crippen LogP contribution in [0.5, 0.6) is 11.5 Å². The van der Waals surface area contributed by atoms with Gasteiger partial charge in [-0.3, -0.25) is 14.5 Å². The molecule has 1 aliphatic rings. The van der Waals surface area contributed by atoms with Crippen molar-refractivity contribution in [3.8, 4) is 11.5 Å². The molecule has 0 spiro atoms. The van der Waals surface area contributed by atoms with Crippen molar-refractivity contribution in [2.45, 2.75) is 25.4 Å². The number of ether oxygens (including phenoxy) is 2. The second kappa shape index (κ2) is 10.8. The van der Waals surface area contributed by atoms with Crippen LogP contribution in [0.15, 0.2) is 48.5 Å². The van der Waals surface area contributed by atoms with Gasteiger partial charge in [0, 0.05) is 39.3 Å². The molecule has 7 heteroatoms. The summed E-state index contributed by atoms with van der Waals surface area (Å²) in [5, 5.41) is 2.89. The molecule has 0 aliphatic carbocycles. The molecule has 1 heterocycles. The van der Waals surface area contributed by atoms with Crippen LogP contribution in [0.3, 0.4) is 0 Å². The van der Waals surface area contributed by atoms with E-state index in [1.54, 1.807) is 26.2 Å². The minimum Gasteiger partial charge on any atom is -0.497 e. The summed E-state index contributed by atoms with van der Waals surface area (Å²) >= 11 is 0. The normalized spacial score (nSPS) is 16.5. The van der Waals surface area contributed by atoms with Crippen molar-refractivity contribution in [1.29, 1.82) is 0 Å². The van der Waals surface area contributed by atoms with Crippen molar-refractivity contribution < 1.29 is 19.1 Å². The van der Waals surface area contributed by atoms with Gasteiger partial charge in [0.05, 0.1) is 26.7 Å². The van der Waals surface area contributed by atoms with Crippen LogP contribution in [0, 0.1) is 0 Å². The summed E-state index contributed by atoms with van der Waals surface area (Å²) in [6, 6.07) is 15.2. The Morgan fingerprint density at radius 2 is 1.77 bits per heavy atom. The molecule has 1 unspecified atom stereocenters. The van der Waals surface area contributed by atoms with E-state index >= 15 is 0 Å². The van der Waals surface area contributed by atoms with Crippen molar-refractivity contribution in [2.75, 3.05) is 40.9 Å². The minimum atomic E-state index is -0.502. The number of hydrogen-bond donors (Lipinski definition) is 1. The van der Waals surface area contributed by atoms with Crippen LogP contribution in [0.2, 0.25) is 0 Å². The molecular weight excluding hydrogens is 394 g/mol. The Hall–Kier alpha value is -3.06. The summed E-state index contributed by atoms with van der Waals surface area (Å²) in [6.07, 6.45) is 0.936. The SMILES string of the molecule is COc1cc(CN2CCNC(=O)C2CC(=O)N(C)CCc2ccccc2)cc(OC)c1. The van der Waals surface area contributed by atoms with Crippen molar-refractivity contribution >= 4 is 11.8 Å². The maximum atomic E-state index is 12.9. The number of rotatable bonds is 9. The van der Waals surface area contributed by atoms with Gasteiger partial charge < -0.3 is 19.7 Å². The lowest BCUT2D eigenvalue weighted by molar-refractivity contribution is -0.138. The fourth-order valence-electron chi connectivity index (χ4n) is 3.75. The number of piperazine rings is 1. The van der Waals surface area contributed by atoms with E-state index in [0.717, 1.165) is 12.0 Å². The molecule has 0 radical (unpaired) electrons. The van der Waals surface area contributed by atoms with Crippen molar-refractivity contribution in [3.63, 3.8) is 0 Å². The smallest absolute Gasteiger partial charge is 0.237 e. The number of benzene rings is 2. The zero-order valence-electron chi connectivity index (χ0n) is 18.5. The van der Waals surface area contributed by atoms with Crippen LogP contribution >= 0.6 is 0 Å². The molecule has 2 amide bonds. The molecule has 1 saturated heterocycles. The Morgan fingerprint density at radius 1 is 1.10 bits per heavy atom. The third-order valence-corrected chi connectivity index (χ3v) is 5.61. The van der Waals surface area contributed by atoms with Gasteiger partial charge in [0.2, 0.25) is 11.8 Å². The molecule has 1 aliphatic heterocycles. The van der Waals surface area contributed by atoms with E-state index in [0.29, 0.717) is 37.7 Å². The van der Waals surface area contributed by atoms with Gasteiger partial charge in [0.25, 0.3) is 0 Å². The van der Waals surface area contributed by atoms with Gasteiger partial charge in [-0.25, -0.2) is 0 Å². The summed E-state index contributed by atoms with van der Waals surface area (Å²) < 4.78 is 10.7. The second-order valence-electron chi connectivity index (χ2n) is 7.75. The average Bonchev–Trinajstić information content (AvgIpc) is 2.79. The summed E-state index contributed by atoms with van der Waals surface area (Å²) in [4.78, 5) is 29.2. The van der Waals surface area contributed by atoms with E-state index in [9.17, 15) is 9.59 Å². The molecule has 3 rings (SSSR count). The van der Waals surface area contributed by atoms with E-state index in [4.69, 9.17) is 9.47 Å². The Morgan fingerprint density at radius 3 is 2.42 bits per heavy atom. The topological polar surface area (TPSA) is 71.1 Å². The van der Waals surface area contributed by atoms with Crippen molar-refractivity contribution in [2.24, 2.45) is 0 Å². The highest BCUT2D eigenvalue weighted by Crippen LogP contribution is 2.24. The summed E-state index contributed by atoms with van der Waals surface area (Å²) in [5.41, 5.74) is 2.16. The van der Waals surface area contributed by atoms with Crippen LogP contribution in [0.25, 0.3) is 0 Å². The lowest BCUT2D eigenvalue weighted by atomic mass is 10.1. The van der Waals surface area contributed by atoms with Gasteiger partial charge in [-0.05, 0) is 29.7 Å². The molecule has 0 aromatic heterocycles. The van der Waals surface area contributed by atoms with Crippen LogP contribution < -0.4 is 14.8 Å². The Kier molecular flexibility index (Phi) is 7.89. The first-order chi connectivity index (χ1) is 15.0. The predicted molar refractivity (Wildman–Crippen MR) is 119 cm³/mol. The van der Waals surface area contributed by atoms with Crippen LogP contribution in [0.1, 0.15) is 17.5 Å². The molecule has 2 aromatic carbocycles. The zero-order chi connectivity index (χ0) is 22.2. The monoisotopic (exact) mass is 425 g/mol. The maximum absolute atomic E-state index is 12.9. The number of carbonyl (C=O) groups is 2. The summed E-state index contributed by atoms with van der Waals surface area (Å²) in [6.45, 7) is 2.39. The highest BCUT2D eigenvalue weighted by atomic mass is 16.5. The molecule has 166 valence electrons. The molecule has 2 aromatic rings. The zero-order valence-corrected chi connectivity index (χ0v) is 18.5. The van der Waals surface area contributed by atoms with Gasteiger partial charge in [-0.1, -0.05) is 30.3 Å². The van der Waals surface area contributed by atoms with E-state index in [1.807, 2.05) is 36.4 Å². The van der Waals surface area contributed by atoms with Crippen LogP contribution in [-0.2, 0) is 22.6 Å². The Bertz CT molecular complexity index is 865. The van der Waals surface area contributed by atoms with Gasteiger partial charge >= 0.3 is 0 Å². The van der Waals surface area contributed by atoms with Gasteiger partial charge in [-0.2, -0.15) is 0 Å². The first kappa shape index (κ1) is 22.6. The molecular formula is C24H31N3O4. The average molecular weight is 426 g/mol.